The van der Waals surface area contributed by atoms with Crippen molar-refractivity contribution in [2.45, 2.75) is 20.0 Å². The van der Waals surface area contributed by atoms with E-state index in [0.717, 1.165) is 11.8 Å². The van der Waals surface area contributed by atoms with Gasteiger partial charge in [-0.3, -0.25) is 33.7 Å². The van der Waals surface area contributed by atoms with E-state index in [4.69, 9.17) is 0 Å². The Labute approximate surface area is 170 Å². The number of hydrogen-bond donors (Lipinski definition) is 2. The molecule has 2 amide bonds. The van der Waals surface area contributed by atoms with Crippen LogP contribution in [0, 0.1) is 16.0 Å². The second-order valence-corrected chi connectivity index (χ2v) is 6.80. The number of carbonyl (C=O) groups excluding carboxylic acids is 2. The quantitative estimate of drug-likeness (QED) is 0.400. The van der Waals surface area contributed by atoms with Crippen LogP contribution in [0.4, 0.5) is 11.4 Å². The highest BCUT2D eigenvalue weighted by Gasteiger charge is 2.22. The van der Waals surface area contributed by atoms with E-state index in [0.29, 0.717) is 0 Å². The summed E-state index contributed by atoms with van der Waals surface area (Å²) >= 11 is 0. The molecule has 1 atom stereocenters. The minimum Gasteiger partial charge on any atom is -0.346 e. The van der Waals surface area contributed by atoms with E-state index >= 15 is 0 Å². The Hall–Kier alpha value is -4.03. The topological polar surface area (TPSA) is 155 Å². The lowest BCUT2D eigenvalue weighted by molar-refractivity contribution is -0.385. The Morgan fingerprint density at radius 1 is 1.17 bits per heavy atom. The van der Waals surface area contributed by atoms with E-state index in [1.807, 2.05) is 0 Å². The highest BCUT2D eigenvalue weighted by molar-refractivity contribution is 6.02. The second kappa shape index (κ2) is 8.55. The Bertz CT molecular complexity index is 1080. The molecule has 0 saturated carbocycles. The average Bonchev–Trinajstić information content (AvgIpc) is 3.40. The van der Waals surface area contributed by atoms with Gasteiger partial charge in [0.25, 0.3) is 5.91 Å². The lowest BCUT2D eigenvalue weighted by atomic mass is 10.1. The first-order chi connectivity index (χ1) is 14.2. The van der Waals surface area contributed by atoms with Crippen molar-refractivity contribution in [1.82, 2.24) is 34.7 Å². The summed E-state index contributed by atoms with van der Waals surface area (Å²) in [5, 5.41) is 28.2. The maximum atomic E-state index is 12.6. The molecule has 0 aliphatic heterocycles. The van der Waals surface area contributed by atoms with Gasteiger partial charge in [-0.1, -0.05) is 6.92 Å². The number of aryl methyl sites for hydroxylation is 2. The van der Waals surface area contributed by atoms with Crippen LogP contribution in [0.5, 0.6) is 0 Å². The summed E-state index contributed by atoms with van der Waals surface area (Å²) in [6, 6.07) is 0. The fourth-order valence-electron chi connectivity index (χ4n) is 2.79. The predicted octanol–water partition coefficient (Wildman–Crippen LogP) is 0.463. The van der Waals surface area contributed by atoms with Gasteiger partial charge < -0.3 is 10.6 Å². The van der Waals surface area contributed by atoms with E-state index in [1.54, 1.807) is 38.1 Å². The summed E-state index contributed by atoms with van der Waals surface area (Å²) in [7, 11) is 3.38. The molecule has 2 N–H and O–H groups in total. The molecule has 3 aromatic rings. The molecule has 0 spiro atoms. The van der Waals surface area contributed by atoms with Gasteiger partial charge in [-0.15, -0.1) is 0 Å². The average molecular weight is 415 g/mol. The van der Waals surface area contributed by atoms with Crippen LogP contribution in [0.25, 0.3) is 0 Å². The molecule has 3 aromatic heterocycles. The monoisotopic (exact) mass is 415 g/mol. The normalized spacial score (nSPS) is 11.8. The zero-order chi connectivity index (χ0) is 21.8. The molecule has 1 unspecified atom stereocenters. The van der Waals surface area contributed by atoms with Crippen molar-refractivity contribution in [2.24, 2.45) is 20.0 Å². The first-order valence-electron chi connectivity index (χ1n) is 9.00. The molecule has 0 aliphatic carbocycles. The standard InChI is InChI=1S/C17H21N9O4/c1-11(8-25-10-13(6-21-25)26(29)30)16(27)22-14-7-20-24(3)15(14)17(28)18-4-12-5-19-23(2)9-12/h5-7,9-11H,4,8H2,1-3H3,(H,18,28)(H,22,27). The molecule has 0 fully saturated rings. The number of nitro groups is 1. The van der Waals surface area contributed by atoms with Crippen molar-refractivity contribution < 1.29 is 14.5 Å². The first-order valence-corrected chi connectivity index (χ1v) is 9.00. The van der Waals surface area contributed by atoms with Crippen LogP contribution < -0.4 is 10.6 Å². The molecule has 0 aliphatic rings. The molecule has 0 radical (unpaired) electrons. The highest BCUT2D eigenvalue weighted by Crippen LogP contribution is 2.17. The third-order valence-corrected chi connectivity index (χ3v) is 4.36. The van der Waals surface area contributed by atoms with Gasteiger partial charge in [0.05, 0.1) is 35.5 Å². The molecular weight excluding hydrogens is 394 g/mol. The van der Waals surface area contributed by atoms with Crippen molar-refractivity contribution in [3.8, 4) is 0 Å². The summed E-state index contributed by atoms with van der Waals surface area (Å²) in [5.74, 6) is -1.33. The number of rotatable bonds is 8. The van der Waals surface area contributed by atoms with Crippen LogP contribution in [0.1, 0.15) is 23.0 Å². The molecule has 13 nitrogen and oxygen atoms in total. The van der Waals surface area contributed by atoms with Crippen molar-refractivity contribution >= 4 is 23.2 Å². The van der Waals surface area contributed by atoms with Gasteiger partial charge in [0, 0.05) is 32.4 Å². The van der Waals surface area contributed by atoms with Crippen LogP contribution in [0.3, 0.4) is 0 Å². The SMILES string of the molecule is CC(Cn1cc([N+](=O)[O-])cn1)C(=O)Nc1cnn(C)c1C(=O)NCc1cnn(C)c1. The molecular formula is C17H21N9O4. The third kappa shape index (κ3) is 4.68. The van der Waals surface area contributed by atoms with Gasteiger partial charge in [-0.2, -0.15) is 15.3 Å². The number of carbonyl (C=O) groups is 2. The second-order valence-electron chi connectivity index (χ2n) is 6.80. The molecule has 13 heteroatoms. The zero-order valence-electron chi connectivity index (χ0n) is 16.6. The number of anilines is 1. The largest absolute Gasteiger partial charge is 0.346 e. The van der Waals surface area contributed by atoms with Gasteiger partial charge in [0.1, 0.15) is 18.1 Å². The maximum Gasteiger partial charge on any atom is 0.306 e. The van der Waals surface area contributed by atoms with Gasteiger partial charge in [0.15, 0.2) is 0 Å². The van der Waals surface area contributed by atoms with E-state index in [1.165, 1.54) is 21.8 Å². The number of hydrogen-bond acceptors (Lipinski definition) is 7. The number of amides is 2. The van der Waals surface area contributed by atoms with Gasteiger partial charge in [-0.25, -0.2) is 0 Å². The molecule has 3 rings (SSSR count). The van der Waals surface area contributed by atoms with Crippen LogP contribution in [0.2, 0.25) is 0 Å². The van der Waals surface area contributed by atoms with Crippen molar-refractivity contribution in [2.75, 3.05) is 5.32 Å². The minimum atomic E-state index is -0.559. The van der Waals surface area contributed by atoms with Crippen molar-refractivity contribution in [1.29, 1.82) is 0 Å². The third-order valence-electron chi connectivity index (χ3n) is 4.36. The minimum absolute atomic E-state index is 0.141. The van der Waals surface area contributed by atoms with E-state index in [-0.39, 0.29) is 36.1 Å². The number of aromatic nitrogens is 6. The Kier molecular flexibility index (Phi) is 5.90. The molecule has 158 valence electrons. The Morgan fingerprint density at radius 3 is 2.57 bits per heavy atom. The lowest BCUT2D eigenvalue weighted by Gasteiger charge is -2.13. The summed E-state index contributed by atoms with van der Waals surface area (Å²) in [5.41, 5.74) is 1.15. The van der Waals surface area contributed by atoms with Crippen LogP contribution >= 0.6 is 0 Å². The lowest BCUT2D eigenvalue weighted by Crippen LogP contribution is -2.28. The Morgan fingerprint density at radius 2 is 1.93 bits per heavy atom. The van der Waals surface area contributed by atoms with E-state index < -0.39 is 16.7 Å². The van der Waals surface area contributed by atoms with Crippen LogP contribution in [-0.4, -0.2) is 46.1 Å². The summed E-state index contributed by atoms with van der Waals surface area (Å²) in [6.07, 6.45) is 7.20. The van der Waals surface area contributed by atoms with Crippen molar-refractivity contribution in [3.05, 3.63) is 52.4 Å². The fraction of sp³-hybridized carbons (Fsp3) is 0.353. The summed E-state index contributed by atoms with van der Waals surface area (Å²) in [6.45, 7) is 2.07. The number of nitrogens with one attached hydrogen (secondary N) is 2. The smallest absolute Gasteiger partial charge is 0.306 e. The van der Waals surface area contributed by atoms with Crippen LogP contribution in [0.15, 0.2) is 31.0 Å². The van der Waals surface area contributed by atoms with Gasteiger partial charge in [0.2, 0.25) is 5.91 Å². The van der Waals surface area contributed by atoms with E-state index in [9.17, 15) is 19.7 Å². The highest BCUT2D eigenvalue weighted by atomic mass is 16.6. The Balaban J connectivity index is 1.63. The predicted molar refractivity (Wildman–Crippen MR) is 104 cm³/mol. The summed E-state index contributed by atoms with van der Waals surface area (Å²) < 4.78 is 4.33. The summed E-state index contributed by atoms with van der Waals surface area (Å²) in [4.78, 5) is 35.4. The maximum absolute atomic E-state index is 12.6. The molecule has 30 heavy (non-hydrogen) atoms. The zero-order valence-corrected chi connectivity index (χ0v) is 16.6. The first kappa shape index (κ1) is 20.7. The van der Waals surface area contributed by atoms with Crippen LogP contribution in [-0.2, 0) is 32.0 Å². The number of nitrogens with zero attached hydrogens (tertiary/aromatic N) is 7. The molecule has 3 heterocycles. The molecule has 0 aromatic carbocycles. The van der Waals surface area contributed by atoms with Gasteiger partial charge in [-0.05, 0) is 0 Å². The fourth-order valence-corrected chi connectivity index (χ4v) is 2.79. The molecule has 0 saturated heterocycles. The molecule has 0 bridgehead atoms. The van der Waals surface area contributed by atoms with Gasteiger partial charge >= 0.3 is 5.69 Å². The van der Waals surface area contributed by atoms with E-state index in [2.05, 4.69) is 25.9 Å². The van der Waals surface area contributed by atoms with Crippen molar-refractivity contribution in [3.63, 3.8) is 0 Å².